The van der Waals surface area contributed by atoms with Crippen molar-refractivity contribution in [3.8, 4) is 11.5 Å². The van der Waals surface area contributed by atoms with E-state index in [1.807, 2.05) is 0 Å². The van der Waals surface area contributed by atoms with Crippen molar-refractivity contribution in [3.05, 3.63) is 48.4 Å². The lowest BCUT2D eigenvalue weighted by Gasteiger charge is -2.47. The van der Waals surface area contributed by atoms with Crippen LogP contribution in [0.4, 0.5) is 0 Å². The molecule has 2 saturated heterocycles. The molecular formula is C20H23NO8. The number of amides is 1. The lowest BCUT2D eigenvalue weighted by atomic mass is 9.96. The Morgan fingerprint density at radius 2 is 1.93 bits per heavy atom. The number of ether oxygens (including phenoxy) is 5. The number of aliphatic hydroxyl groups excluding tert-OH is 1. The van der Waals surface area contributed by atoms with Crippen molar-refractivity contribution in [2.45, 2.75) is 43.9 Å². The van der Waals surface area contributed by atoms with Crippen LogP contribution in [-0.2, 0) is 19.0 Å². The van der Waals surface area contributed by atoms with E-state index in [1.165, 1.54) is 13.2 Å². The molecule has 1 aromatic heterocycles. The summed E-state index contributed by atoms with van der Waals surface area (Å²) in [7, 11) is 1.57. The Labute approximate surface area is 167 Å². The summed E-state index contributed by atoms with van der Waals surface area (Å²) in [5.41, 5.74) is 0. The van der Waals surface area contributed by atoms with Gasteiger partial charge in [-0.2, -0.15) is 0 Å². The maximum atomic E-state index is 11.7. The minimum Gasteiger partial charge on any atom is -0.497 e. The predicted octanol–water partition coefficient (Wildman–Crippen LogP) is 1.37. The Hall–Kier alpha value is -2.59. The average molecular weight is 405 g/mol. The first-order chi connectivity index (χ1) is 14.0. The summed E-state index contributed by atoms with van der Waals surface area (Å²) in [5.74, 6) is 1.35. The fraction of sp³-hybridized carbons (Fsp3) is 0.450. The smallest absolute Gasteiger partial charge is 0.223 e. The Balaban J connectivity index is 1.51. The van der Waals surface area contributed by atoms with Crippen LogP contribution in [0.2, 0.25) is 0 Å². The van der Waals surface area contributed by atoms with E-state index in [9.17, 15) is 9.90 Å². The lowest BCUT2D eigenvalue weighted by molar-refractivity contribution is -0.336. The lowest BCUT2D eigenvalue weighted by Crippen LogP contribution is -2.67. The molecule has 9 nitrogen and oxygen atoms in total. The summed E-state index contributed by atoms with van der Waals surface area (Å²) >= 11 is 0. The van der Waals surface area contributed by atoms with Gasteiger partial charge in [-0.25, -0.2) is 0 Å². The number of methoxy groups -OCH3 is 1. The third kappa shape index (κ3) is 4.23. The minimum absolute atomic E-state index is 0.169. The van der Waals surface area contributed by atoms with Gasteiger partial charge in [0, 0.05) is 6.92 Å². The molecule has 156 valence electrons. The number of fused-ring (bicyclic) bond motifs is 1. The number of nitrogens with one attached hydrogen (secondary N) is 1. The van der Waals surface area contributed by atoms with Crippen LogP contribution in [0.25, 0.3) is 0 Å². The van der Waals surface area contributed by atoms with Gasteiger partial charge in [0.2, 0.25) is 18.5 Å². The highest BCUT2D eigenvalue weighted by molar-refractivity contribution is 5.73. The topological polar surface area (TPSA) is 109 Å². The number of benzene rings is 1. The predicted molar refractivity (Wildman–Crippen MR) is 98.2 cm³/mol. The van der Waals surface area contributed by atoms with E-state index in [4.69, 9.17) is 28.1 Å². The van der Waals surface area contributed by atoms with E-state index in [-0.39, 0.29) is 12.5 Å². The first-order valence-electron chi connectivity index (χ1n) is 9.27. The van der Waals surface area contributed by atoms with Gasteiger partial charge in [0.15, 0.2) is 5.76 Å². The van der Waals surface area contributed by atoms with E-state index in [1.54, 1.807) is 43.5 Å². The molecule has 1 amide bonds. The van der Waals surface area contributed by atoms with E-state index >= 15 is 0 Å². The van der Waals surface area contributed by atoms with E-state index in [2.05, 4.69) is 5.32 Å². The number of carbonyl (C=O) groups excluding carboxylic acids is 1. The molecular weight excluding hydrogens is 382 g/mol. The van der Waals surface area contributed by atoms with Gasteiger partial charge in [-0.3, -0.25) is 4.79 Å². The molecule has 0 aliphatic carbocycles. The van der Waals surface area contributed by atoms with Gasteiger partial charge in [-0.05, 0) is 36.4 Å². The van der Waals surface area contributed by atoms with Crippen molar-refractivity contribution in [2.75, 3.05) is 13.7 Å². The van der Waals surface area contributed by atoms with Crippen LogP contribution >= 0.6 is 0 Å². The Bertz CT molecular complexity index is 808. The molecule has 6 atom stereocenters. The first-order valence-corrected chi connectivity index (χ1v) is 9.27. The summed E-state index contributed by atoms with van der Waals surface area (Å²) in [4.78, 5) is 11.7. The van der Waals surface area contributed by atoms with Gasteiger partial charge in [-0.1, -0.05) is 0 Å². The van der Waals surface area contributed by atoms with Crippen LogP contribution in [0.5, 0.6) is 11.5 Å². The zero-order valence-electron chi connectivity index (χ0n) is 16.0. The van der Waals surface area contributed by atoms with Crippen molar-refractivity contribution in [2.24, 2.45) is 0 Å². The molecule has 2 aliphatic rings. The summed E-state index contributed by atoms with van der Waals surface area (Å²) < 4.78 is 33.9. The molecule has 2 aliphatic heterocycles. The molecule has 3 heterocycles. The molecule has 0 unspecified atom stereocenters. The second kappa shape index (κ2) is 8.42. The minimum atomic E-state index is -1.08. The Kier molecular flexibility index (Phi) is 5.72. The van der Waals surface area contributed by atoms with Gasteiger partial charge in [0.25, 0.3) is 0 Å². The standard InChI is InChI=1S/C20H23NO8/c1-11(22)21-16-17(23)18-15(10-26-19(29-18)14-4-3-9-25-14)28-20(16)27-13-7-5-12(24-2)6-8-13/h3-9,15-20,23H,10H2,1-2H3,(H,21,22)/t15-,16+,17-,18+,19+,20+/m1/s1. The van der Waals surface area contributed by atoms with Crippen molar-refractivity contribution in [1.82, 2.24) is 5.32 Å². The molecule has 29 heavy (non-hydrogen) atoms. The quantitative estimate of drug-likeness (QED) is 0.768. The number of carbonyl (C=O) groups is 1. The summed E-state index contributed by atoms with van der Waals surface area (Å²) in [6.07, 6.45) is -2.57. The monoisotopic (exact) mass is 405 g/mol. The second-order valence-electron chi connectivity index (χ2n) is 6.83. The van der Waals surface area contributed by atoms with Crippen LogP contribution in [-0.4, -0.2) is 55.4 Å². The van der Waals surface area contributed by atoms with Crippen LogP contribution in [0, 0.1) is 0 Å². The van der Waals surface area contributed by atoms with Crippen LogP contribution < -0.4 is 14.8 Å². The molecule has 0 saturated carbocycles. The van der Waals surface area contributed by atoms with E-state index < -0.39 is 36.9 Å². The van der Waals surface area contributed by atoms with Crippen molar-refractivity contribution in [3.63, 3.8) is 0 Å². The van der Waals surface area contributed by atoms with Crippen LogP contribution in [0.1, 0.15) is 19.0 Å². The zero-order chi connectivity index (χ0) is 20.4. The fourth-order valence-electron chi connectivity index (χ4n) is 3.44. The van der Waals surface area contributed by atoms with Gasteiger partial charge in [0.05, 0.1) is 20.0 Å². The SMILES string of the molecule is COc1ccc(O[C@H]2O[C@@H]3CO[C@H](c4ccco4)O[C@@H]3[C@H](O)[C@@H]2NC(C)=O)cc1. The van der Waals surface area contributed by atoms with E-state index in [0.29, 0.717) is 17.3 Å². The maximum Gasteiger partial charge on any atom is 0.223 e. The molecule has 2 fully saturated rings. The van der Waals surface area contributed by atoms with Crippen molar-refractivity contribution in [1.29, 1.82) is 0 Å². The molecule has 0 bridgehead atoms. The number of rotatable bonds is 5. The molecule has 0 spiro atoms. The highest BCUT2D eigenvalue weighted by Crippen LogP contribution is 2.35. The number of furan rings is 1. The number of aliphatic hydroxyl groups is 1. The fourth-order valence-corrected chi connectivity index (χ4v) is 3.44. The molecule has 9 heteroatoms. The third-order valence-electron chi connectivity index (χ3n) is 4.82. The number of hydrogen-bond donors (Lipinski definition) is 2. The molecule has 4 rings (SSSR count). The highest BCUT2D eigenvalue weighted by atomic mass is 16.8. The summed E-state index contributed by atoms with van der Waals surface area (Å²) in [6, 6.07) is 9.52. The zero-order valence-corrected chi connectivity index (χ0v) is 16.0. The Morgan fingerprint density at radius 1 is 1.17 bits per heavy atom. The molecule has 0 radical (unpaired) electrons. The van der Waals surface area contributed by atoms with Crippen LogP contribution in [0.3, 0.4) is 0 Å². The van der Waals surface area contributed by atoms with Gasteiger partial charge in [-0.15, -0.1) is 0 Å². The van der Waals surface area contributed by atoms with Crippen molar-refractivity contribution < 1.29 is 38.0 Å². The van der Waals surface area contributed by atoms with E-state index in [0.717, 1.165) is 0 Å². The van der Waals surface area contributed by atoms with Crippen LogP contribution in [0.15, 0.2) is 47.1 Å². The molecule has 2 N–H and O–H groups in total. The number of hydrogen-bond acceptors (Lipinski definition) is 8. The van der Waals surface area contributed by atoms with Gasteiger partial charge < -0.3 is 38.5 Å². The summed E-state index contributed by atoms with van der Waals surface area (Å²) in [6.45, 7) is 1.53. The normalized spacial score (nSPS) is 31.6. The Morgan fingerprint density at radius 3 is 2.59 bits per heavy atom. The highest BCUT2D eigenvalue weighted by Gasteiger charge is 2.51. The largest absolute Gasteiger partial charge is 0.497 e. The first kappa shape index (κ1) is 19.7. The van der Waals surface area contributed by atoms with Gasteiger partial charge in [0.1, 0.15) is 35.9 Å². The van der Waals surface area contributed by atoms with Gasteiger partial charge >= 0.3 is 0 Å². The molecule has 1 aromatic carbocycles. The van der Waals surface area contributed by atoms with Crippen molar-refractivity contribution >= 4 is 5.91 Å². The molecule has 2 aromatic rings. The second-order valence-corrected chi connectivity index (χ2v) is 6.83. The average Bonchev–Trinajstić information content (AvgIpc) is 3.26. The maximum absolute atomic E-state index is 11.7. The summed E-state index contributed by atoms with van der Waals surface area (Å²) in [5, 5.41) is 13.7. The third-order valence-corrected chi connectivity index (χ3v) is 4.82.